The van der Waals surface area contributed by atoms with Gasteiger partial charge in [0.05, 0.1) is 23.1 Å². The molecule has 1 N–H and O–H groups in total. The number of nitro benzene ring substituents is 1. The fourth-order valence-electron chi connectivity index (χ4n) is 3.03. The molecule has 3 rings (SSSR count). The van der Waals surface area contributed by atoms with Crippen LogP contribution in [0.2, 0.25) is 0 Å². The number of non-ortho nitro benzene ring substituents is 1. The summed E-state index contributed by atoms with van der Waals surface area (Å²) in [6.45, 7) is 3.16. The summed E-state index contributed by atoms with van der Waals surface area (Å²) in [5.74, 6) is 0.175. The van der Waals surface area contributed by atoms with Gasteiger partial charge >= 0.3 is 0 Å². The molecule has 0 atom stereocenters. The summed E-state index contributed by atoms with van der Waals surface area (Å²) in [5.41, 5.74) is 4.92. The number of rotatable bonds is 8. The zero-order chi connectivity index (χ0) is 24.2. The number of nitrogens with zero attached hydrogens (tertiary/aromatic N) is 3. The molecule has 0 bridgehead atoms. The largest absolute Gasteiger partial charge is 0.455 e. The number of benzene rings is 2. The fraction of sp³-hybridized carbons (Fsp3) is 0.182. The predicted molar refractivity (Wildman–Crippen MR) is 125 cm³/mol. The number of anilines is 1. The molecule has 10 nitrogen and oxygen atoms in total. The van der Waals surface area contributed by atoms with E-state index in [9.17, 15) is 23.3 Å². The molecule has 0 saturated heterocycles. The zero-order valence-corrected chi connectivity index (χ0v) is 19.0. The predicted octanol–water partition coefficient (Wildman–Crippen LogP) is 3.39. The van der Waals surface area contributed by atoms with Gasteiger partial charge in [-0.1, -0.05) is 12.1 Å². The van der Waals surface area contributed by atoms with E-state index in [-0.39, 0.29) is 5.69 Å². The molecule has 0 radical (unpaired) electrons. The Kier molecular flexibility index (Phi) is 6.92. The van der Waals surface area contributed by atoms with E-state index in [0.717, 1.165) is 21.7 Å². The Morgan fingerprint density at radius 2 is 1.85 bits per heavy atom. The van der Waals surface area contributed by atoms with Gasteiger partial charge in [0.25, 0.3) is 11.6 Å². The van der Waals surface area contributed by atoms with Crippen LogP contribution in [0.3, 0.4) is 0 Å². The van der Waals surface area contributed by atoms with E-state index in [1.54, 1.807) is 43.3 Å². The van der Waals surface area contributed by atoms with E-state index >= 15 is 0 Å². The van der Waals surface area contributed by atoms with Crippen LogP contribution in [0.5, 0.6) is 0 Å². The highest BCUT2D eigenvalue weighted by Crippen LogP contribution is 2.25. The Labute approximate surface area is 190 Å². The van der Waals surface area contributed by atoms with Crippen molar-refractivity contribution in [2.24, 2.45) is 5.10 Å². The van der Waals surface area contributed by atoms with Gasteiger partial charge in [0, 0.05) is 17.7 Å². The molecule has 0 saturated carbocycles. The molecule has 1 aromatic heterocycles. The van der Waals surface area contributed by atoms with E-state index in [0.29, 0.717) is 22.8 Å². The molecule has 11 heteroatoms. The first kappa shape index (κ1) is 23.7. The molecule has 1 heterocycles. The van der Waals surface area contributed by atoms with Crippen LogP contribution in [0.4, 0.5) is 11.4 Å². The number of nitro groups is 1. The fourth-order valence-corrected chi connectivity index (χ4v) is 3.93. The summed E-state index contributed by atoms with van der Waals surface area (Å²) < 4.78 is 31.2. The number of carbonyl (C=O) groups is 1. The van der Waals surface area contributed by atoms with Crippen LogP contribution in [0.15, 0.2) is 64.1 Å². The molecule has 0 fully saturated rings. The van der Waals surface area contributed by atoms with Crippen molar-refractivity contribution in [2.75, 3.05) is 17.1 Å². The highest BCUT2D eigenvalue weighted by molar-refractivity contribution is 7.92. The molecule has 1 amide bonds. The van der Waals surface area contributed by atoms with Crippen molar-refractivity contribution in [1.29, 1.82) is 0 Å². The molecule has 0 aliphatic heterocycles. The zero-order valence-electron chi connectivity index (χ0n) is 18.2. The summed E-state index contributed by atoms with van der Waals surface area (Å²) >= 11 is 0. The van der Waals surface area contributed by atoms with Crippen LogP contribution in [0.25, 0.3) is 11.3 Å². The number of hydrogen-bond donors (Lipinski definition) is 1. The minimum atomic E-state index is -3.71. The van der Waals surface area contributed by atoms with Crippen molar-refractivity contribution in [3.05, 3.63) is 81.6 Å². The Morgan fingerprint density at radius 1 is 1.15 bits per heavy atom. The maximum Gasteiger partial charge on any atom is 0.269 e. The molecule has 3 aromatic rings. The van der Waals surface area contributed by atoms with Crippen molar-refractivity contribution >= 4 is 33.5 Å². The number of furan rings is 1. The second-order valence-electron chi connectivity index (χ2n) is 7.36. The van der Waals surface area contributed by atoms with Crippen molar-refractivity contribution in [3.8, 4) is 11.3 Å². The van der Waals surface area contributed by atoms with Crippen LogP contribution in [0.1, 0.15) is 16.9 Å². The highest BCUT2D eigenvalue weighted by atomic mass is 32.2. The second-order valence-corrected chi connectivity index (χ2v) is 9.27. The second kappa shape index (κ2) is 9.65. The molecular weight excluding hydrogens is 448 g/mol. The molecular formula is C22H22N4O6S. The Bertz CT molecular complexity index is 1310. The molecule has 33 heavy (non-hydrogen) atoms. The minimum Gasteiger partial charge on any atom is -0.455 e. The first-order valence-corrected chi connectivity index (χ1v) is 11.6. The molecule has 0 spiro atoms. The Balaban J connectivity index is 1.67. The number of aryl methyl sites for hydroxylation is 2. The lowest BCUT2D eigenvalue weighted by atomic mass is 10.1. The van der Waals surface area contributed by atoms with Crippen LogP contribution < -0.4 is 9.73 Å². The third-order valence-electron chi connectivity index (χ3n) is 4.69. The standard InChI is InChI=1S/C22H22N4O6S/c1-15-4-5-16(2)20(12-15)25(33(3,30)31)14-22(27)24-23-13-19-10-11-21(32-19)17-6-8-18(9-7-17)26(28)29/h4-13H,14H2,1-3H3,(H,24,27)/b23-13-. The molecule has 0 aliphatic rings. The van der Waals surface area contributed by atoms with Crippen molar-refractivity contribution in [1.82, 2.24) is 5.43 Å². The van der Waals surface area contributed by atoms with Gasteiger partial charge in [-0.3, -0.25) is 19.2 Å². The molecule has 172 valence electrons. The first-order valence-electron chi connectivity index (χ1n) is 9.76. The van der Waals surface area contributed by atoms with E-state index in [1.807, 2.05) is 13.0 Å². The van der Waals surface area contributed by atoms with Gasteiger partial charge < -0.3 is 4.42 Å². The lowest BCUT2D eigenvalue weighted by Gasteiger charge is -2.23. The monoisotopic (exact) mass is 470 g/mol. The van der Waals surface area contributed by atoms with E-state index in [2.05, 4.69) is 10.5 Å². The van der Waals surface area contributed by atoms with Gasteiger partial charge in [0.1, 0.15) is 18.1 Å². The average molecular weight is 471 g/mol. The van der Waals surface area contributed by atoms with Gasteiger partial charge in [0.2, 0.25) is 10.0 Å². The number of carbonyl (C=O) groups excluding carboxylic acids is 1. The highest BCUT2D eigenvalue weighted by Gasteiger charge is 2.22. The van der Waals surface area contributed by atoms with Crippen LogP contribution in [-0.4, -0.2) is 38.3 Å². The van der Waals surface area contributed by atoms with Crippen molar-refractivity contribution in [2.45, 2.75) is 13.8 Å². The number of hydrogen-bond acceptors (Lipinski definition) is 7. The molecule has 0 aliphatic carbocycles. The van der Waals surface area contributed by atoms with Crippen LogP contribution in [0, 0.1) is 24.0 Å². The Morgan fingerprint density at radius 3 is 2.48 bits per heavy atom. The maximum absolute atomic E-state index is 12.4. The quantitative estimate of drug-likeness (QED) is 0.305. The minimum absolute atomic E-state index is 0.0289. The van der Waals surface area contributed by atoms with Gasteiger partial charge in [-0.25, -0.2) is 13.8 Å². The summed E-state index contributed by atoms with van der Waals surface area (Å²) in [6.07, 6.45) is 2.31. The number of sulfonamides is 1. The van der Waals surface area contributed by atoms with Gasteiger partial charge in [-0.2, -0.15) is 5.10 Å². The van der Waals surface area contributed by atoms with E-state index < -0.39 is 27.4 Å². The smallest absolute Gasteiger partial charge is 0.269 e. The number of nitrogens with one attached hydrogen (secondary N) is 1. The maximum atomic E-state index is 12.4. The molecule has 0 unspecified atom stereocenters. The van der Waals surface area contributed by atoms with Crippen LogP contribution >= 0.6 is 0 Å². The summed E-state index contributed by atoms with van der Waals surface area (Å²) in [4.78, 5) is 22.6. The topological polar surface area (TPSA) is 135 Å². The van der Waals surface area contributed by atoms with E-state index in [4.69, 9.17) is 4.42 Å². The van der Waals surface area contributed by atoms with Gasteiger partial charge in [0.15, 0.2) is 0 Å². The van der Waals surface area contributed by atoms with Crippen molar-refractivity contribution in [3.63, 3.8) is 0 Å². The lowest BCUT2D eigenvalue weighted by Crippen LogP contribution is -2.39. The Hall–Kier alpha value is -3.99. The van der Waals surface area contributed by atoms with Gasteiger partial charge in [-0.05, 0) is 55.3 Å². The normalized spacial score (nSPS) is 11.5. The third-order valence-corrected chi connectivity index (χ3v) is 5.82. The third kappa shape index (κ3) is 6.04. The summed E-state index contributed by atoms with van der Waals surface area (Å²) in [7, 11) is -3.71. The SMILES string of the molecule is Cc1ccc(C)c(N(CC(=O)N/N=C\c2ccc(-c3ccc([N+](=O)[O-])cc3)o2)S(C)(=O)=O)c1. The van der Waals surface area contributed by atoms with Gasteiger partial charge in [-0.15, -0.1) is 0 Å². The number of hydrazone groups is 1. The average Bonchev–Trinajstić information content (AvgIpc) is 3.22. The first-order chi connectivity index (χ1) is 15.5. The number of amides is 1. The van der Waals surface area contributed by atoms with Crippen molar-refractivity contribution < 1.29 is 22.6 Å². The van der Waals surface area contributed by atoms with Crippen LogP contribution in [-0.2, 0) is 14.8 Å². The lowest BCUT2D eigenvalue weighted by molar-refractivity contribution is -0.384. The van der Waals surface area contributed by atoms with E-state index in [1.165, 1.54) is 18.3 Å². The summed E-state index contributed by atoms with van der Waals surface area (Å²) in [6, 6.07) is 14.5. The molecule has 2 aromatic carbocycles. The summed E-state index contributed by atoms with van der Waals surface area (Å²) in [5, 5.41) is 14.6.